The lowest BCUT2D eigenvalue weighted by atomic mass is 9.98. The summed E-state index contributed by atoms with van der Waals surface area (Å²) in [5.41, 5.74) is 2.25. The lowest BCUT2D eigenvalue weighted by Crippen LogP contribution is -2.51. The molecule has 1 aliphatic rings. The smallest absolute Gasteiger partial charge is 0.251 e. The SMILES string of the molecule is CC[C@H](C(=O)NN)N1CCC[C@@H](C)C1. The van der Waals surface area contributed by atoms with E-state index >= 15 is 0 Å². The van der Waals surface area contributed by atoms with E-state index in [1.807, 2.05) is 6.92 Å². The Bertz CT molecular complexity index is 196. The summed E-state index contributed by atoms with van der Waals surface area (Å²) >= 11 is 0. The number of carbonyl (C=O) groups is 1. The highest BCUT2D eigenvalue weighted by Gasteiger charge is 2.27. The van der Waals surface area contributed by atoms with Crippen molar-refractivity contribution in [1.82, 2.24) is 10.3 Å². The number of piperidine rings is 1. The molecule has 1 aliphatic heterocycles. The Morgan fingerprint density at radius 3 is 2.93 bits per heavy atom. The van der Waals surface area contributed by atoms with Gasteiger partial charge in [0.1, 0.15) is 0 Å². The predicted molar refractivity (Wildman–Crippen MR) is 56.4 cm³/mol. The lowest BCUT2D eigenvalue weighted by molar-refractivity contribution is -0.127. The molecule has 0 aromatic carbocycles. The zero-order valence-electron chi connectivity index (χ0n) is 9.12. The Labute approximate surface area is 85.8 Å². The summed E-state index contributed by atoms with van der Waals surface area (Å²) in [6, 6.07) is -0.0391. The molecule has 0 bridgehead atoms. The number of amides is 1. The fraction of sp³-hybridized carbons (Fsp3) is 0.900. The molecular formula is C10H21N3O. The van der Waals surface area contributed by atoms with Crippen LogP contribution in [0.4, 0.5) is 0 Å². The average molecular weight is 199 g/mol. The Hall–Kier alpha value is -0.610. The molecule has 2 atom stereocenters. The summed E-state index contributed by atoms with van der Waals surface area (Å²) in [6.45, 7) is 6.31. The van der Waals surface area contributed by atoms with Gasteiger partial charge in [0.25, 0.3) is 5.91 Å². The van der Waals surface area contributed by atoms with Crippen LogP contribution in [0.25, 0.3) is 0 Å². The minimum atomic E-state index is -0.0541. The first-order valence-electron chi connectivity index (χ1n) is 5.43. The molecule has 3 N–H and O–H groups in total. The molecule has 0 unspecified atom stereocenters. The molecule has 1 rings (SSSR count). The van der Waals surface area contributed by atoms with E-state index in [0.29, 0.717) is 5.92 Å². The van der Waals surface area contributed by atoms with Crippen LogP contribution in [0, 0.1) is 5.92 Å². The van der Waals surface area contributed by atoms with Gasteiger partial charge in [-0.2, -0.15) is 0 Å². The summed E-state index contributed by atoms with van der Waals surface area (Å²) in [4.78, 5) is 13.7. The van der Waals surface area contributed by atoms with Gasteiger partial charge in [-0.1, -0.05) is 13.8 Å². The van der Waals surface area contributed by atoms with Crippen molar-refractivity contribution in [3.63, 3.8) is 0 Å². The quantitative estimate of drug-likeness (QED) is 0.395. The standard InChI is InChI=1S/C10H21N3O/c1-3-9(10(14)12-11)13-6-4-5-8(2)7-13/h8-9H,3-7,11H2,1-2H3,(H,12,14)/t8-,9-/m1/s1. The summed E-state index contributed by atoms with van der Waals surface area (Å²) in [5.74, 6) is 5.81. The van der Waals surface area contributed by atoms with Crippen LogP contribution in [-0.4, -0.2) is 29.9 Å². The van der Waals surface area contributed by atoms with Crippen LogP contribution in [0.5, 0.6) is 0 Å². The Morgan fingerprint density at radius 2 is 2.43 bits per heavy atom. The Kier molecular flexibility index (Phi) is 4.35. The minimum absolute atomic E-state index is 0.0391. The molecule has 0 radical (unpaired) electrons. The molecule has 1 amide bonds. The van der Waals surface area contributed by atoms with E-state index in [2.05, 4.69) is 17.2 Å². The van der Waals surface area contributed by atoms with Crippen molar-refractivity contribution in [2.75, 3.05) is 13.1 Å². The van der Waals surface area contributed by atoms with Gasteiger partial charge in [-0.15, -0.1) is 0 Å². The minimum Gasteiger partial charge on any atom is -0.293 e. The first kappa shape index (κ1) is 11.5. The van der Waals surface area contributed by atoms with Crippen LogP contribution in [0.1, 0.15) is 33.1 Å². The fourth-order valence-electron chi connectivity index (χ4n) is 2.21. The van der Waals surface area contributed by atoms with E-state index in [-0.39, 0.29) is 11.9 Å². The van der Waals surface area contributed by atoms with Crippen molar-refractivity contribution < 1.29 is 4.79 Å². The topological polar surface area (TPSA) is 58.4 Å². The predicted octanol–water partition coefficient (Wildman–Crippen LogP) is 0.487. The molecule has 0 aromatic rings. The highest BCUT2D eigenvalue weighted by Crippen LogP contribution is 2.18. The van der Waals surface area contributed by atoms with Gasteiger partial charge in [0.05, 0.1) is 6.04 Å². The van der Waals surface area contributed by atoms with Gasteiger partial charge in [0, 0.05) is 6.54 Å². The number of hydrogen-bond donors (Lipinski definition) is 2. The normalized spacial score (nSPS) is 25.8. The summed E-state index contributed by atoms with van der Waals surface area (Å²) in [6.07, 6.45) is 3.29. The maximum absolute atomic E-state index is 11.5. The molecule has 1 saturated heterocycles. The third-order valence-corrected chi connectivity index (χ3v) is 2.96. The van der Waals surface area contributed by atoms with Crippen LogP contribution < -0.4 is 11.3 Å². The van der Waals surface area contributed by atoms with E-state index in [0.717, 1.165) is 19.5 Å². The van der Waals surface area contributed by atoms with E-state index in [9.17, 15) is 4.79 Å². The third kappa shape index (κ3) is 2.69. The number of carbonyl (C=O) groups excluding carboxylic acids is 1. The summed E-state index contributed by atoms with van der Waals surface area (Å²) in [7, 11) is 0. The molecule has 0 spiro atoms. The molecular weight excluding hydrogens is 178 g/mol. The molecule has 1 fully saturated rings. The summed E-state index contributed by atoms with van der Waals surface area (Å²) in [5, 5.41) is 0. The highest BCUT2D eigenvalue weighted by molar-refractivity contribution is 5.81. The van der Waals surface area contributed by atoms with Crippen molar-refractivity contribution in [2.45, 2.75) is 39.2 Å². The lowest BCUT2D eigenvalue weighted by Gasteiger charge is -2.35. The first-order valence-corrected chi connectivity index (χ1v) is 5.43. The van der Waals surface area contributed by atoms with E-state index in [4.69, 9.17) is 5.84 Å². The van der Waals surface area contributed by atoms with Crippen molar-refractivity contribution >= 4 is 5.91 Å². The average Bonchev–Trinajstić information content (AvgIpc) is 2.19. The van der Waals surface area contributed by atoms with Crippen LogP contribution >= 0.6 is 0 Å². The van der Waals surface area contributed by atoms with Gasteiger partial charge < -0.3 is 0 Å². The van der Waals surface area contributed by atoms with Gasteiger partial charge in [-0.25, -0.2) is 5.84 Å². The second-order valence-electron chi connectivity index (χ2n) is 4.17. The largest absolute Gasteiger partial charge is 0.293 e. The van der Waals surface area contributed by atoms with Gasteiger partial charge in [0.2, 0.25) is 0 Å². The Morgan fingerprint density at radius 1 is 1.71 bits per heavy atom. The van der Waals surface area contributed by atoms with Gasteiger partial charge >= 0.3 is 0 Å². The van der Waals surface area contributed by atoms with Gasteiger partial charge in [-0.05, 0) is 31.7 Å². The van der Waals surface area contributed by atoms with Gasteiger partial charge in [0.15, 0.2) is 0 Å². The molecule has 4 heteroatoms. The number of hydrazine groups is 1. The fourth-order valence-corrected chi connectivity index (χ4v) is 2.21. The molecule has 82 valence electrons. The van der Waals surface area contributed by atoms with E-state index in [1.165, 1.54) is 12.8 Å². The maximum atomic E-state index is 11.5. The van der Waals surface area contributed by atoms with Crippen LogP contribution in [-0.2, 0) is 4.79 Å². The van der Waals surface area contributed by atoms with Crippen molar-refractivity contribution in [3.8, 4) is 0 Å². The second kappa shape index (κ2) is 5.32. The van der Waals surface area contributed by atoms with Gasteiger partial charge in [-0.3, -0.25) is 15.1 Å². The number of nitrogens with two attached hydrogens (primary N) is 1. The number of rotatable bonds is 3. The van der Waals surface area contributed by atoms with Crippen LogP contribution in [0.3, 0.4) is 0 Å². The van der Waals surface area contributed by atoms with Crippen molar-refractivity contribution in [2.24, 2.45) is 11.8 Å². The van der Waals surface area contributed by atoms with Crippen LogP contribution in [0.2, 0.25) is 0 Å². The van der Waals surface area contributed by atoms with E-state index < -0.39 is 0 Å². The molecule has 14 heavy (non-hydrogen) atoms. The monoisotopic (exact) mass is 199 g/mol. The molecule has 0 aliphatic carbocycles. The second-order valence-corrected chi connectivity index (χ2v) is 4.17. The zero-order chi connectivity index (χ0) is 10.6. The molecule has 1 heterocycles. The maximum Gasteiger partial charge on any atom is 0.251 e. The number of hydrogen-bond acceptors (Lipinski definition) is 3. The molecule has 0 aromatic heterocycles. The Balaban J connectivity index is 2.54. The zero-order valence-corrected chi connectivity index (χ0v) is 9.12. The van der Waals surface area contributed by atoms with Crippen molar-refractivity contribution in [3.05, 3.63) is 0 Å². The summed E-state index contributed by atoms with van der Waals surface area (Å²) < 4.78 is 0. The highest BCUT2D eigenvalue weighted by atomic mass is 16.2. The molecule has 4 nitrogen and oxygen atoms in total. The number of nitrogens with zero attached hydrogens (tertiary/aromatic N) is 1. The first-order chi connectivity index (χ1) is 6.69. The number of likely N-dealkylation sites (tertiary alicyclic amines) is 1. The van der Waals surface area contributed by atoms with Crippen molar-refractivity contribution in [1.29, 1.82) is 0 Å². The van der Waals surface area contributed by atoms with E-state index in [1.54, 1.807) is 0 Å². The number of nitrogens with one attached hydrogen (secondary N) is 1. The third-order valence-electron chi connectivity index (χ3n) is 2.96. The molecule has 0 saturated carbocycles. The van der Waals surface area contributed by atoms with Crippen LogP contribution in [0.15, 0.2) is 0 Å².